The zero-order chi connectivity index (χ0) is 13.9. The van der Waals surface area contributed by atoms with Crippen molar-refractivity contribution in [2.75, 3.05) is 6.54 Å². The number of primary amides is 1. The molecule has 3 N–H and O–H groups in total. The lowest BCUT2D eigenvalue weighted by molar-refractivity contribution is -0.124. The topological polar surface area (TPSA) is 68.0 Å². The van der Waals surface area contributed by atoms with Gasteiger partial charge in [0.25, 0.3) is 0 Å². The molecular formula is C13H18BrN3OS. The van der Waals surface area contributed by atoms with Gasteiger partial charge in [-0.15, -0.1) is 11.8 Å². The Bertz CT molecular complexity index is 471. The molecule has 1 aliphatic rings. The average molecular weight is 344 g/mol. The minimum atomic E-state index is -0.534. The third-order valence-corrected chi connectivity index (χ3v) is 5.65. The second-order valence-electron chi connectivity index (χ2n) is 4.75. The summed E-state index contributed by atoms with van der Waals surface area (Å²) >= 11 is 5.22. The molecule has 4 nitrogen and oxygen atoms in total. The van der Waals surface area contributed by atoms with E-state index in [-0.39, 0.29) is 5.91 Å². The molecule has 2 atom stereocenters. The van der Waals surface area contributed by atoms with Crippen molar-refractivity contribution in [1.29, 1.82) is 0 Å². The van der Waals surface area contributed by atoms with Gasteiger partial charge in [-0.25, -0.2) is 4.98 Å². The van der Waals surface area contributed by atoms with Crippen LogP contribution in [0.5, 0.6) is 0 Å². The first-order chi connectivity index (χ1) is 9.07. The predicted octanol–water partition coefficient (Wildman–Crippen LogP) is 2.32. The van der Waals surface area contributed by atoms with Crippen molar-refractivity contribution in [2.24, 2.45) is 5.73 Å². The van der Waals surface area contributed by atoms with Crippen LogP contribution in [0.25, 0.3) is 0 Å². The van der Waals surface area contributed by atoms with E-state index in [9.17, 15) is 4.79 Å². The minimum absolute atomic E-state index is 0.238. The van der Waals surface area contributed by atoms with Crippen molar-refractivity contribution in [3.63, 3.8) is 0 Å². The number of nitrogens with one attached hydrogen (secondary N) is 1. The van der Waals surface area contributed by atoms with Gasteiger partial charge in [-0.3, -0.25) is 4.79 Å². The van der Waals surface area contributed by atoms with E-state index in [1.165, 1.54) is 0 Å². The molecule has 0 aromatic carbocycles. The highest BCUT2D eigenvalue weighted by Gasteiger charge is 2.43. The first-order valence-corrected chi connectivity index (χ1v) is 8.07. The Hall–Kier alpha value is -0.590. The van der Waals surface area contributed by atoms with E-state index in [1.807, 2.05) is 19.1 Å². The van der Waals surface area contributed by atoms with Gasteiger partial charge >= 0.3 is 0 Å². The van der Waals surface area contributed by atoms with Crippen LogP contribution in [-0.2, 0) is 4.79 Å². The van der Waals surface area contributed by atoms with Crippen molar-refractivity contribution in [2.45, 2.75) is 42.0 Å². The number of carbonyl (C=O) groups excluding carboxylic acids is 1. The van der Waals surface area contributed by atoms with Crippen LogP contribution in [0.3, 0.4) is 0 Å². The van der Waals surface area contributed by atoms with Crippen molar-refractivity contribution in [1.82, 2.24) is 10.3 Å². The number of aromatic nitrogens is 1. The van der Waals surface area contributed by atoms with Crippen LogP contribution in [0.4, 0.5) is 0 Å². The lowest BCUT2D eigenvalue weighted by Gasteiger charge is -2.26. The Kier molecular flexibility index (Phi) is 4.86. The maximum absolute atomic E-state index is 11.7. The molecule has 1 aliphatic carbocycles. The van der Waals surface area contributed by atoms with Crippen LogP contribution in [-0.4, -0.2) is 28.2 Å². The van der Waals surface area contributed by atoms with Gasteiger partial charge in [-0.1, -0.05) is 6.92 Å². The Morgan fingerprint density at radius 1 is 1.74 bits per heavy atom. The fourth-order valence-corrected chi connectivity index (χ4v) is 4.28. The predicted molar refractivity (Wildman–Crippen MR) is 81.0 cm³/mol. The average Bonchev–Trinajstić information content (AvgIpc) is 2.77. The highest BCUT2D eigenvalue weighted by Crippen LogP contribution is 2.41. The number of halogens is 1. The fraction of sp³-hybridized carbons (Fsp3) is 0.538. The van der Waals surface area contributed by atoms with Crippen LogP contribution in [0.1, 0.15) is 26.2 Å². The van der Waals surface area contributed by atoms with Crippen molar-refractivity contribution in [3.8, 4) is 0 Å². The van der Waals surface area contributed by atoms with E-state index in [4.69, 9.17) is 5.73 Å². The number of thioether (sulfide) groups is 1. The molecule has 104 valence electrons. The van der Waals surface area contributed by atoms with Gasteiger partial charge in [0.1, 0.15) is 5.03 Å². The van der Waals surface area contributed by atoms with E-state index >= 15 is 0 Å². The summed E-state index contributed by atoms with van der Waals surface area (Å²) in [6.07, 6.45) is 4.33. The minimum Gasteiger partial charge on any atom is -0.368 e. The standard InChI is InChI=1S/C13H18BrN3OS/c1-2-17-13(12(15)18)6-5-9(8-13)19-11-10(14)4-3-7-16-11/h3-4,7,9,17H,2,5-6,8H2,1H3,(H2,15,18). The molecule has 1 fully saturated rings. The molecule has 1 aromatic rings. The zero-order valence-corrected chi connectivity index (χ0v) is 13.3. The van der Waals surface area contributed by atoms with Crippen LogP contribution < -0.4 is 11.1 Å². The van der Waals surface area contributed by atoms with Crippen molar-refractivity contribution < 1.29 is 4.79 Å². The second-order valence-corrected chi connectivity index (χ2v) is 6.89. The summed E-state index contributed by atoms with van der Waals surface area (Å²) in [7, 11) is 0. The SMILES string of the molecule is CCNC1(C(N)=O)CCC(Sc2ncccc2Br)C1. The Morgan fingerprint density at radius 2 is 2.53 bits per heavy atom. The summed E-state index contributed by atoms with van der Waals surface area (Å²) in [5.74, 6) is -0.238. The number of carbonyl (C=O) groups is 1. The number of hydrogen-bond donors (Lipinski definition) is 2. The molecule has 1 saturated carbocycles. The molecule has 1 amide bonds. The van der Waals surface area contributed by atoms with Gasteiger partial charge in [-0.05, 0) is 53.9 Å². The van der Waals surface area contributed by atoms with Crippen LogP contribution in [0, 0.1) is 0 Å². The highest BCUT2D eigenvalue weighted by molar-refractivity contribution is 9.10. The Labute approximate surface area is 126 Å². The summed E-state index contributed by atoms with van der Waals surface area (Å²) in [6, 6.07) is 3.88. The van der Waals surface area contributed by atoms with Crippen molar-refractivity contribution >= 4 is 33.6 Å². The van der Waals surface area contributed by atoms with Crippen LogP contribution in [0.15, 0.2) is 27.8 Å². The molecule has 19 heavy (non-hydrogen) atoms. The molecule has 0 saturated heterocycles. The number of nitrogens with zero attached hydrogens (tertiary/aromatic N) is 1. The normalized spacial score (nSPS) is 26.5. The lowest BCUT2D eigenvalue weighted by Crippen LogP contribution is -2.53. The van der Waals surface area contributed by atoms with Gasteiger partial charge in [0, 0.05) is 15.9 Å². The summed E-state index contributed by atoms with van der Waals surface area (Å²) in [5.41, 5.74) is 5.03. The smallest absolute Gasteiger partial charge is 0.237 e. The molecule has 0 radical (unpaired) electrons. The highest BCUT2D eigenvalue weighted by atomic mass is 79.9. The van der Waals surface area contributed by atoms with Gasteiger partial charge in [0.05, 0.1) is 5.54 Å². The summed E-state index contributed by atoms with van der Waals surface area (Å²) < 4.78 is 1.00. The summed E-state index contributed by atoms with van der Waals surface area (Å²) in [4.78, 5) is 16.1. The van der Waals surface area contributed by atoms with E-state index in [0.717, 1.165) is 35.3 Å². The lowest BCUT2D eigenvalue weighted by atomic mass is 9.97. The van der Waals surface area contributed by atoms with E-state index in [0.29, 0.717) is 5.25 Å². The summed E-state index contributed by atoms with van der Waals surface area (Å²) in [6.45, 7) is 2.76. The number of likely N-dealkylation sites (N-methyl/N-ethyl adjacent to an activating group) is 1. The maximum atomic E-state index is 11.7. The van der Waals surface area contributed by atoms with E-state index in [2.05, 4.69) is 26.2 Å². The monoisotopic (exact) mass is 343 g/mol. The van der Waals surface area contributed by atoms with Crippen LogP contribution >= 0.6 is 27.7 Å². The first-order valence-electron chi connectivity index (χ1n) is 6.39. The largest absolute Gasteiger partial charge is 0.368 e. The van der Waals surface area contributed by atoms with Gasteiger partial charge in [-0.2, -0.15) is 0 Å². The zero-order valence-electron chi connectivity index (χ0n) is 10.9. The Morgan fingerprint density at radius 3 is 3.16 bits per heavy atom. The third kappa shape index (κ3) is 3.30. The number of rotatable bonds is 5. The molecule has 2 unspecified atom stereocenters. The number of hydrogen-bond acceptors (Lipinski definition) is 4. The third-order valence-electron chi connectivity index (χ3n) is 3.46. The van der Waals surface area contributed by atoms with Crippen molar-refractivity contribution in [3.05, 3.63) is 22.8 Å². The molecule has 1 heterocycles. The van der Waals surface area contributed by atoms with E-state index in [1.54, 1.807) is 18.0 Å². The summed E-state index contributed by atoms with van der Waals surface area (Å²) in [5, 5.41) is 4.62. The Balaban J connectivity index is 2.06. The molecule has 2 rings (SSSR count). The second kappa shape index (κ2) is 6.24. The number of pyridine rings is 1. The molecule has 0 spiro atoms. The van der Waals surface area contributed by atoms with E-state index < -0.39 is 5.54 Å². The number of amides is 1. The number of nitrogens with two attached hydrogens (primary N) is 1. The first kappa shape index (κ1) is 14.8. The molecule has 0 bridgehead atoms. The molecule has 6 heteroatoms. The molecule has 1 aromatic heterocycles. The quantitative estimate of drug-likeness (QED) is 0.860. The molecular weight excluding hydrogens is 326 g/mol. The van der Waals surface area contributed by atoms with Gasteiger partial charge < -0.3 is 11.1 Å². The van der Waals surface area contributed by atoms with Crippen LogP contribution in [0.2, 0.25) is 0 Å². The molecule has 0 aliphatic heterocycles. The van der Waals surface area contributed by atoms with Gasteiger partial charge in [0.15, 0.2) is 0 Å². The van der Waals surface area contributed by atoms with Gasteiger partial charge in [0.2, 0.25) is 5.91 Å². The fourth-order valence-electron chi connectivity index (χ4n) is 2.53. The maximum Gasteiger partial charge on any atom is 0.237 e.